The first kappa shape index (κ1) is 18.4. The second kappa shape index (κ2) is 11.0. The maximum Gasteiger partial charge on any atom is 0.0297 e. The molecular formula is C20H30N2. The standard InChI is InChI=1S/C13H21N.C7H9N/c1-3-4-5-10-13(14)12-9-7-6-8-11(12)2;8-6-7-4-2-1-3-5-7/h6-9,13H,3-5,10,14H2,1-2H3;1-5H,6,8H2. The lowest BCUT2D eigenvalue weighted by Gasteiger charge is -2.14. The fourth-order valence-corrected chi connectivity index (χ4v) is 2.39. The number of hydrogen-bond acceptors (Lipinski definition) is 2. The van der Waals surface area contributed by atoms with Gasteiger partial charge in [-0.1, -0.05) is 80.8 Å². The van der Waals surface area contributed by atoms with E-state index in [4.69, 9.17) is 11.5 Å². The topological polar surface area (TPSA) is 52.0 Å². The van der Waals surface area contributed by atoms with E-state index in [2.05, 4.69) is 38.1 Å². The molecule has 0 radical (unpaired) electrons. The summed E-state index contributed by atoms with van der Waals surface area (Å²) in [4.78, 5) is 0. The van der Waals surface area contributed by atoms with Gasteiger partial charge in [-0.2, -0.15) is 0 Å². The molecule has 0 saturated heterocycles. The third-order valence-corrected chi connectivity index (χ3v) is 3.79. The molecule has 0 aromatic heterocycles. The molecule has 2 nitrogen and oxygen atoms in total. The van der Waals surface area contributed by atoms with Crippen molar-refractivity contribution in [3.05, 3.63) is 71.3 Å². The van der Waals surface area contributed by atoms with Gasteiger partial charge in [-0.3, -0.25) is 0 Å². The van der Waals surface area contributed by atoms with E-state index in [9.17, 15) is 0 Å². The summed E-state index contributed by atoms with van der Waals surface area (Å²) in [6, 6.07) is 18.6. The van der Waals surface area contributed by atoms with Gasteiger partial charge in [-0.25, -0.2) is 0 Å². The first-order valence-corrected chi connectivity index (χ1v) is 8.24. The van der Waals surface area contributed by atoms with Gasteiger partial charge in [0.25, 0.3) is 0 Å². The van der Waals surface area contributed by atoms with Crippen LogP contribution in [0.1, 0.15) is 55.3 Å². The lowest BCUT2D eigenvalue weighted by molar-refractivity contribution is 0.579. The van der Waals surface area contributed by atoms with Gasteiger partial charge in [0.1, 0.15) is 0 Å². The lowest BCUT2D eigenvalue weighted by Crippen LogP contribution is -2.11. The highest BCUT2D eigenvalue weighted by Crippen LogP contribution is 2.20. The quantitative estimate of drug-likeness (QED) is 0.758. The molecular weight excluding hydrogens is 268 g/mol. The van der Waals surface area contributed by atoms with Gasteiger partial charge in [0.05, 0.1) is 0 Å². The largest absolute Gasteiger partial charge is 0.326 e. The molecule has 0 aliphatic heterocycles. The van der Waals surface area contributed by atoms with Gasteiger partial charge in [-0.15, -0.1) is 0 Å². The summed E-state index contributed by atoms with van der Waals surface area (Å²) >= 11 is 0. The number of aryl methyl sites for hydroxylation is 1. The monoisotopic (exact) mass is 298 g/mol. The average molecular weight is 298 g/mol. The Hall–Kier alpha value is -1.64. The SMILES string of the molecule is CCCCCC(N)c1ccccc1C.NCc1ccccc1. The third-order valence-electron chi connectivity index (χ3n) is 3.79. The maximum atomic E-state index is 6.14. The first-order chi connectivity index (χ1) is 10.7. The predicted molar refractivity (Wildman–Crippen MR) is 96.6 cm³/mol. The van der Waals surface area contributed by atoms with Gasteiger partial charge in [-0.05, 0) is 30.0 Å². The van der Waals surface area contributed by atoms with Crippen molar-refractivity contribution in [1.29, 1.82) is 0 Å². The molecule has 2 heteroatoms. The van der Waals surface area contributed by atoms with Gasteiger partial charge < -0.3 is 11.5 Å². The molecule has 2 aromatic rings. The van der Waals surface area contributed by atoms with Crippen molar-refractivity contribution in [2.45, 2.75) is 52.1 Å². The molecule has 0 saturated carbocycles. The third kappa shape index (κ3) is 6.88. The van der Waals surface area contributed by atoms with E-state index in [1.165, 1.54) is 36.0 Å². The molecule has 0 spiro atoms. The van der Waals surface area contributed by atoms with E-state index < -0.39 is 0 Å². The van der Waals surface area contributed by atoms with Gasteiger partial charge in [0, 0.05) is 12.6 Å². The number of unbranched alkanes of at least 4 members (excludes halogenated alkanes) is 2. The normalized spacial score (nSPS) is 11.5. The van der Waals surface area contributed by atoms with Crippen molar-refractivity contribution >= 4 is 0 Å². The molecule has 0 bridgehead atoms. The summed E-state index contributed by atoms with van der Waals surface area (Å²) in [6.45, 7) is 5.00. The molecule has 1 unspecified atom stereocenters. The zero-order valence-corrected chi connectivity index (χ0v) is 14.0. The molecule has 1 atom stereocenters. The number of nitrogens with two attached hydrogens (primary N) is 2. The summed E-state index contributed by atoms with van der Waals surface area (Å²) in [7, 11) is 0. The van der Waals surface area contributed by atoms with Gasteiger partial charge >= 0.3 is 0 Å². The number of rotatable bonds is 6. The van der Waals surface area contributed by atoms with Crippen molar-refractivity contribution in [1.82, 2.24) is 0 Å². The van der Waals surface area contributed by atoms with Gasteiger partial charge in [0.15, 0.2) is 0 Å². The van der Waals surface area contributed by atoms with E-state index in [0.29, 0.717) is 6.54 Å². The second-order valence-electron chi connectivity index (χ2n) is 5.65. The molecule has 2 aromatic carbocycles. The Morgan fingerprint density at radius 1 is 0.909 bits per heavy atom. The highest BCUT2D eigenvalue weighted by molar-refractivity contribution is 5.28. The summed E-state index contributed by atoms with van der Waals surface area (Å²) in [5.74, 6) is 0. The van der Waals surface area contributed by atoms with Crippen molar-refractivity contribution in [3.63, 3.8) is 0 Å². The summed E-state index contributed by atoms with van der Waals surface area (Å²) < 4.78 is 0. The van der Waals surface area contributed by atoms with E-state index in [1.54, 1.807) is 0 Å². The van der Waals surface area contributed by atoms with Gasteiger partial charge in [0.2, 0.25) is 0 Å². The van der Waals surface area contributed by atoms with Crippen molar-refractivity contribution in [3.8, 4) is 0 Å². The molecule has 22 heavy (non-hydrogen) atoms. The number of benzene rings is 2. The van der Waals surface area contributed by atoms with E-state index in [1.807, 2.05) is 30.3 Å². The summed E-state index contributed by atoms with van der Waals surface area (Å²) in [6.07, 6.45) is 4.91. The van der Waals surface area contributed by atoms with Crippen molar-refractivity contribution < 1.29 is 0 Å². The molecule has 0 aliphatic carbocycles. The zero-order valence-electron chi connectivity index (χ0n) is 14.0. The minimum absolute atomic E-state index is 0.225. The molecule has 0 amide bonds. The Balaban J connectivity index is 0.000000255. The molecule has 0 fully saturated rings. The average Bonchev–Trinajstić information content (AvgIpc) is 2.57. The Bertz CT molecular complexity index is 508. The minimum atomic E-state index is 0.225. The summed E-state index contributed by atoms with van der Waals surface area (Å²) in [5.41, 5.74) is 15.3. The maximum absolute atomic E-state index is 6.14. The summed E-state index contributed by atoms with van der Waals surface area (Å²) in [5, 5.41) is 0. The molecule has 2 rings (SSSR count). The Morgan fingerprint density at radius 2 is 1.55 bits per heavy atom. The molecule has 0 aliphatic rings. The van der Waals surface area contributed by atoms with Crippen LogP contribution in [0.4, 0.5) is 0 Å². The fraction of sp³-hybridized carbons (Fsp3) is 0.400. The first-order valence-electron chi connectivity index (χ1n) is 8.24. The van der Waals surface area contributed by atoms with Crippen LogP contribution in [-0.4, -0.2) is 0 Å². The minimum Gasteiger partial charge on any atom is -0.326 e. The van der Waals surface area contributed by atoms with Crippen molar-refractivity contribution in [2.75, 3.05) is 0 Å². The van der Waals surface area contributed by atoms with E-state index in [-0.39, 0.29) is 6.04 Å². The highest BCUT2D eigenvalue weighted by Gasteiger charge is 2.06. The fourth-order valence-electron chi connectivity index (χ4n) is 2.39. The smallest absolute Gasteiger partial charge is 0.0297 e. The zero-order chi connectivity index (χ0) is 16.2. The Morgan fingerprint density at radius 3 is 2.09 bits per heavy atom. The van der Waals surface area contributed by atoms with Crippen LogP contribution in [0.25, 0.3) is 0 Å². The second-order valence-corrected chi connectivity index (χ2v) is 5.65. The Labute approximate surface area is 135 Å². The van der Waals surface area contributed by atoms with E-state index >= 15 is 0 Å². The molecule has 4 N–H and O–H groups in total. The van der Waals surface area contributed by atoms with Crippen LogP contribution >= 0.6 is 0 Å². The predicted octanol–water partition coefficient (Wildman–Crippen LogP) is 4.72. The van der Waals surface area contributed by atoms with Crippen LogP contribution in [0.2, 0.25) is 0 Å². The van der Waals surface area contributed by atoms with Crippen LogP contribution in [0.3, 0.4) is 0 Å². The van der Waals surface area contributed by atoms with Crippen LogP contribution in [0.15, 0.2) is 54.6 Å². The van der Waals surface area contributed by atoms with Crippen LogP contribution < -0.4 is 11.5 Å². The van der Waals surface area contributed by atoms with Crippen LogP contribution in [0, 0.1) is 6.92 Å². The molecule has 120 valence electrons. The highest BCUT2D eigenvalue weighted by atomic mass is 14.6. The lowest BCUT2D eigenvalue weighted by atomic mass is 9.97. The number of hydrogen-bond donors (Lipinski definition) is 2. The Kier molecular flexibility index (Phi) is 9.20. The van der Waals surface area contributed by atoms with Crippen LogP contribution in [-0.2, 0) is 6.54 Å². The van der Waals surface area contributed by atoms with Crippen LogP contribution in [0.5, 0.6) is 0 Å². The molecule has 0 heterocycles. The van der Waals surface area contributed by atoms with E-state index in [0.717, 1.165) is 6.42 Å². The van der Waals surface area contributed by atoms with Crippen molar-refractivity contribution in [2.24, 2.45) is 11.5 Å².